The predicted octanol–water partition coefficient (Wildman–Crippen LogP) is 1.48. The molecule has 2 heterocycles. The van der Waals surface area contributed by atoms with Gasteiger partial charge in [-0.1, -0.05) is 34.3 Å². The third-order valence-electron chi connectivity index (χ3n) is 6.77. The van der Waals surface area contributed by atoms with Gasteiger partial charge in [0.05, 0.1) is 18.1 Å². The van der Waals surface area contributed by atoms with Gasteiger partial charge in [-0.15, -0.1) is 0 Å². The molecule has 3 rings (SSSR count). The highest BCUT2D eigenvalue weighted by molar-refractivity contribution is 7.89. The van der Waals surface area contributed by atoms with Gasteiger partial charge in [-0.3, -0.25) is 14.5 Å². The molecule has 2 saturated heterocycles. The molecule has 2 aliphatic heterocycles. The number of nitrogens with zero attached hydrogens (tertiary/aromatic N) is 2. The second kappa shape index (κ2) is 10.8. The van der Waals surface area contributed by atoms with E-state index in [0.717, 1.165) is 19.6 Å². The molecule has 1 aromatic rings. The fourth-order valence-corrected chi connectivity index (χ4v) is 6.93. The minimum absolute atomic E-state index is 0.141. The fourth-order valence-electron chi connectivity index (χ4n) is 5.15. The number of morpholine rings is 1. The third kappa shape index (κ3) is 6.49. The molecular formula is C25H38N4O5S. The van der Waals surface area contributed by atoms with Crippen molar-refractivity contribution < 1.29 is 22.7 Å². The maximum atomic E-state index is 13.5. The quantitative estimate of drug-likeness (QED) is 0.517. The Bertz CT molecular complexity index is 1010. The van der Waals surface area contributed by atoms with Crippen molar-refractivity contribution in [3.63, 3.8) is 0 Å². The summed E-state index contributed by atoms with van der Waals surface area (Å²) in [5, 5.41) is 5.88. The van der Waals surface area contributed by atoms with Crippen molar-refractivity contribution in [1.29, 1.82) is 0 Å². The minimum atomic E-state index is -3.79. The van der Waals surface area contributed by atoms with Crippen LogP contribution in [0.3, 0.4) is 0 Å². The average Bonchev–Trinajstić information content (AvgIpc) is 2.81. The van der Waals surface area contributed by atoms with E-state index in [2.05, 4.69) is 22.1 Å². The van der Waals surface area contributed by atoms with Crippen LogP contribution in [0.2, 0.25) is 0 Å². The summed E-state index contributed by atoms with van der Waals surface area (Å²) in [6.45, 7) is 16.2. The molecule has 0 aromatic heterocycles. The lowest BCUT2D eigenvalue weighted by Gasteiger charge is -2.52. The molecule has 0 spiro atoms. The molecule has 2 aliphatic rings. The van der Waals surface area contributed by atoms with Crippen LogP contribution < -0.4 is 10.6 Å². The van der Waals surface area contributed by atoms with Crippen molar-refractivity contribution in [3.8, 4) is 0 Å². The van der Waals surface area contributed by atoms with Crippen LogP contribution in [0, 0.1) is 10.8 Å². The highest BCUT2D eigenvalue weighted by atomic mass is 32.2. The Hall–Kier alpha value is -2.27. The van der Waals surface area contributed by atoms with Crippen molar-refractivity contribution >= 4 is 21.8 Å². The number of nitrogens with one attached hydrogen (secondary N) is 2. The number of carbonyl (C=O) groups is 2. The van der Waals surface area contributed by atoms with Crippen molar-refractivity contribution in [2.24, 2.45) is 10.8 Å². The number of hydrogen-bond donors (Lipinski definition) is 2. The molecule has 0 unspecified atom stereocenters. The maximum absolute atomic E-state index is 13.5. The Morgan fingerprint density at radius 2 is 1.66 bits per heavy atom. The van der Waals surface area contributed by atoms with E-state index in [9.17, 15) is 18.0 Å². The highest BCUT2D eigenvalue weighted by Gasteiger charge is 2.50. The first kappa shape index (κ1) is 27.3. The van der Waals surface area contributed by atoms with E-state index in [1.165, 1.54) is 22.5 Å². The first-order valence-electron chi connectivity index (χ1n) is 12.0. The van der Waals surface area contributed by atoms with Crippen LogP contribution in [-0.4, -0.2) is 88.0 Å². The topological polar surface area (TPSA) is 108 Å². The molecule has 0 radical (unpaired) electrons. The zero-order chi connectivity index (χ0) is 25.9. The summed E-state index contributed by atoms with van der Waals surface area (Å²) in [6.07, 6.45) is 1.23. The van der Waals surface area contributed by atoms with Crippen LogP contribution in [0.25, 0.3) is 0 Å². The Labute approximate surface area is 208 Å². The number of rotatable bonds is 8. The second-order valence-electron chi connectivity index (χ2n) is 10.6. The number of hydrogen-bond acceptors (Lipinski definition) is 6. The third-order valence-corrected chi connectivity index (χ3v) is 8.58. The first-order valence-corrected chi connectivity index (χ1v) is 13.4. The minimum Gasteiger partial charge on any atom is -0.379 e. The van der Waals surface area contributed by atoms with Gasteiger partial charge >= 0.3 is 0 Å². The normalized spacial score (nSPS) is 21.3. The van der Waals surface area contributed by atoms with E-state index >= 15 is 0 Å². The predicted molar refractivity (Wildman–Crippen MR) is 134 cm³/mol. The Kier molecular flexibility index (Phi) is 8.41. The average molecular weight is 507 g/mol. The molecule has 2 N–H and O–H groups in total. The van der Waals surface area contributed by atoms with Gasteiger partial charge in [0.1, 0.15) is 0 Å². The Morgan fingerprint density at radius 1 is 1.09 bits per heavy atom. The maximum Gasteiger partial charge on any atom is 0.251 e. The van der Waals surface area contributed by atoms with Crippen molar-refractivity contribution in [2.45, 2.75) is 38.6 Å². The number of carbonyl (C=O) groups excluding carboxylic acids is 2. The number of amides is 2. The number of piperidine rings is 1. The van der Waals surface area contributed by atoms with Gasteiger partial charge in [0.2, 0.25) is 15.9 Å². The van der Waals surface area contributed by atoms with E-state index in [0.29, 0.717) is 25.3 Å². The van der Waals surface area contributed by atoms with E-state index in [4.69, 9.17) is 4.74 Å². The number of ether oxygens (including phenoxy) is 1. The smallest absolute Gasteiger partial charge is 0.251 e. The van der Waals surface area contributed by atoms with E-state index in [1.54, 1.807) is 12.1 Å². The van der Waals surface area contributed by atoms with Crippen molar-refractivity contribution in [1.82, 2.24) is 19.8 Å². The molecule has 10 heteroatoms. The summed E-state index contributed by atoms with van der Waals surface area (Å²) in [5.74, 6) is -0.505. The molecule has 0 bridgehead atoms. The van der Waals surface area contributed by atoms with Crippen LogP contribution in [-0.2, 0) is 19.6 Å². The van der Waals surface area contributed by atoms with Crippen LogP contribution in [0.15, 0.2) is 41.8 Å². The lowest BCUT2D eigenvalue weighted by molar-refractivity contribution is -0.120. The molecule has 1 aromatic carbocycles. The number of benzene rings is 1. The standard InChI is InChI=1S/C25H38N4O5S/c1-6-21(30)27-23-24(2,3)17-29(18-25(23,4)5)35(32,33)20-9-7-19(8-10-20)22(31)26-11-12-28-13-15-34-16-14-28/h6-10,23H,1,11-18H2,2-5H3,(H,26,31)(H,27,30). The zero-order valence-electron chi connectivity index (χ0n) is 21.2. The molecule has 0 aliphatic carbocycles. The van der Waals surface area contributed by atoms with Crippen molar-refractivity contribution in [2.75, 3.05) is 52.5 Å². The zero-order valence-corrected chi connectivity index (χ0v) is 22.0. The van der Waals surface area contributed by atoms with Gasteiger partial charge < -0.3 is 15.4 Å². The SMILES string of the molecule is C=CC(=O)NC1C(C)(C)CN(S(=O)(=O)c2ccc(C(=O)NCCN3CCOCC3)cc2)CC1(C)C. The molecule has 194 valence electrons. The lowest BCUT2D eigenvalue weighted by Crippen LogP contribution is -2.64. The van der Waals surface area contributed by atoms with Gasteiger partial charge in [0.15, 0.2) is 0 Å². The largest absolute Gasteiger partial charge is 0.379 e. The number of sulfonamides is 1. The van der Waals surface area contributed by atoms with Gasteiger partial charge in [-0.05, 0) is 41.2 Å². The summed E-state index contributed by atoms with van der Waals surface area (Å²) in [7, 11) is -3.79. The van der Waals surface area contributed by atoms with Crippen LogP contribution in [0.4, 0.5) is 0 Å². The summed E-state index contributed by atoms with van der Waals surface area (Å²) in [6, 6.07) is 5.83. The monoisotopic (exact) mass is 506 g/mol. The summed E-state index contributed by atoms with van der Waals surface area (Å²) >= 11 is 0. The Morgan fingerprint density at radius 3 is 2.20 bits per heavy atom. The Balaban J connectivity index is 1.66. The van der Waals surface area contributed by atoms with E-state index in [1.807, 2.05) is 27.7 Å². The van der Waals surface area contributed by atoms with Gasteiger partial charge in [0.25, 0.3) is 5.91 Å². The fraction of sp³-hybridized carbons (Fsp3) is 0.600. The summed E-state index contributed by atoms with van der Waals surface area (Å²) < 4.78 is 33.8. The van der Waals surface area contributed by atoms with Crippen LogP contribution in [0.5, 0.6) is 0 Å². The van der Waals surface area contributed by atoms with Crippen molar-refractivity contribution in [3.05, 3.63) is 42.5 Å². The van der Waals surface area contributed by atoms with Crippen LogP contribution in [0.1, 0.15) is 38.1 Å². The molecule has 0 saturated carbocycles. The highest BCUT2D eigenvalue weighted by Crippen LogP contribution is 2.42. The van der Waals surface area contributed by atoms with Gasteiger partial charge in [0, 0.05) is 50.9 Å². The van der Waals surface area contributed by atoms with E-state index in [-0.39, 0.29) is 35.8 Å². The summed E-state index contributed by atoms with van der Waals surface area (Å²) in [4.78, 5) is 26.9. The summed E-state index contributed by atoms with van der Waals surface area (Å²) in [5.41, 5.74) is -0.598. The van der Waals surface area contributed by atoms with E-state index < -0.39 is 20.9 Å². The molecule has 9 nitrogen and oxygen atoms in total. The molecule has 2 amide bonds. The van der Waals surface area contributed by atoms with Gasteiger partial charge in [-0.25, -0.2) is 8.42 Å². The van der Waals surface area contributed by atoms with Crippen LogP contribution >= 0.6 is 0 Å². The molecular weight excluding hydrogens is 468 g/mol. The van der Waals surface area contributed by atoms with Gasteiger partial charge in [-0.2, -0.15) is 4.31 Å². The molecule has 35 heavy (non-hydrogen) atoms. The molecule has 0 atom stereocenters. The second-order valence-corrected chi connectivity index (χ2v) is 12.6. The molecule has 2 fully saturated rings. The first-order chi connectivity index (χ1) is 16.4. The lowest BCUT2D eigenvalue weighted by atomic mass is 9.67.